The molecule has 1 aliphatic rings. The van der Waals surface area contributed by atoms with Crippen molar-refractivity contribution in [1.29, 1.82) is 0 Å². The molecule has 2 heterocycles. The average Bonchev–Trinajstić information content (AvgIpc) is 3.17. The smallest absolute Gasteiger partial charge is 0.321 e. The zero-order chi connectivity index (χ0) is 18.4. The molecule has 1 fully saturated rings. The summed E-state index contributed by atoms with van der Waals surface area (Å²) in [6.07, 6.45) is 2.73. The second kappa shape index (κ2) is 8.80. The van der Waals surface area contributed by atoms with Gasteiger partial charge in [0.25, 0.3) is 5.91 Å². The second-order valence-electron chi connectivity index (χ2n) is 6.39. The van der Waals surface area contributed by atoms with E-state index in [1.54, 1.807) is 17.0 Å². The molecule has 1 aromatic heterocycles. The Morgan fingerprint density at radius 1 is 1.19 bits per heavy atom. The van der Waals surface area contributed by atoms with Gasteiger partial charge in [-0.05, 0) is 54.8 Å². The quantitative estimate of drug-likeness (QED) is 0.831. The Balaban J connectivity index is 1.37. The SMILES string of the molecule is O=C(NCCC1CCN(C(=O)Nc2cccc(F)c2)CC1)c1cccs1. The summed E-state index contributed by atoms with van der Waals surface area (Å²) in [5.74, 6) is 0.106. The van der Waals surface area contributed by atoms with Crippen LogP contribution in [0.1, 0.15) is 28.9 Å². The van der Waals surface area contributed by atoms with Crippen LogP contribution in [0.4, 0.5) is 14.9 Å². The monoisotopic (exact) mass is 375 g/mol. The number of hydrogen-bond acceptors (Lipinski definition) is 3. The van der Waals surface area contributed by atoms with E-state index >= 15 is 0 Å². The van der Waals surface area contributed by atoms with Crippen molar-refractivity contribution in [3.05, 3.63) is 52.5 Å². The van der Waals surface area contributed by atoms with E-state index in [0.717, 1.165) is 24.1 Å². The molecular weight excluding hydrogens is 353 g/mol. The summed E-state index contributed by atoms with van der Waals surface area (Å²) in [6, 6.07) is 9.38. The van der Waals surface area contributed by atoms with Gasteiger partial charge in [0.1, 0.15) is 5.82 Å². The number of thiophene rings is 1. The van der Waals surface area contributed by atoms with Gasteiger partial charge < -0.3 is 15.5 Å². The number of anilines is 1. The minimum absolute atomic E-state index is 0.0214. The van der Waals surface area contributed by atoms with Crippen molar-refractivity contribution in [2.45, 2.75) is 19.3 Å². The first-order chi connectivity index (χ1) is 12.6. The Morgan fingerprint density at radius 2 is 2.00 bits per heavy atom. The zero-order valence-electron chi connectivity index (χ0n) is 14.4. The first-order valence-corrected chi connectivity index (χ1v) is 9.63. The molecule has 0 atom stereocenters. The predicted molar refractivity (Wildman–Crippen MR) is 101 cm³/mol. The van der Waals surface area contributed by atoms with Gasteiger partial charge in [0.15, 0.2) is 0 Å². The molecule has 1 aliphatic heterocycles. The summed E-state index contributed by atoms with van der Waals surface area (Å²) < 4.78 is 13.2. The van der Waals surface area contributed by atoms with Crippen LogP contribution in [-0.4, -0.2) is 36.5 Å². The number of nitrogens with zero attached hydrogens (tertiary/aromatic N) is 1. The fraction of sp³-hybridized carbons (Fsp3) is 0.368. The highest BCUT2D eigenvalue weighted by atomic mass is 32.1. The molecule has 0 radical (unpaired) electrons. The van der Waals surface area contributed by atoms with Gasteiger partial charge in [0.05, 0.1) is 4.88 Å². The fourth-order valence-electron chi connectivity index (χ4n) is 3.08. The van der Waals surface area contributed by atoms with Crippen molar-refractivity contribution in [2.75, 3.05) is 25.0 Å². The minimum atomic E-state index is -0.369. The molecule has 1 aromatic carbocycles. The predicted octanol–water partition coefficient (Wildman–Crippen LogP) is 3.95. The lowest BCUT2D eigenvalue weighted by Gasteiger charge is -2.32. The van der Waals surface area contributed by atoms with Gasteiger partial charge in [-0.1, -0.05) is 12.1 Å². The number of nitrogens with one attached hydrogen (secondary N) is 2. The van der Waals surface area contributed by atoms with Gasteiger partial charge in [0, 0.05) is 25.3 Å². The summed E-state index contributed by atoms with van der Waals surface area (Å²) in [6.45, 7) is 1.99. The van der Waals surface area contributed by atoms with E-state index in [-0.39, 0.29) is 17.8 Å². The highest BCUT2D eigenvalue weighted by molar-refractivity contribution is 7.12. The third kappa shape index (κ3) is 5.05. The Kier molecular flexibility index (Phi) is 6.22. The van der Waals surface area contributed by atoms with Gasteiger partial charge in [-0.25, -0.2) is 9.18 Å². The number of rotatable bonds is 5. The molecule has 1 saturated heterocycles. The summed E-state index contributed by atoms with van der Waals surface area (Å²) in [4.78, 5) is 26.6. The van der Waals surface area contributed by atoms with Gasteiger partial charge >= 0.3 is 6.03 Å². The highest BCUT2D eigenvalue weighted by Gasteiger charge is 2.23. The van der Waals surface area contributed by atoms with E-state index in [4.69, 9.17) is 0 Å². The summed E-state index contributed by atoms with van der Waals surface area (Å²) >= 11 is 1.44. The minimum Gasteiger partial charge on any atom is -0.351 e. The lowest BCUT2D eigenvalue weighted by atomic mass is 9.94. The number of benzene rings is 1. The first-order valence-electron chi connectivity index (χ1n) is 8.75. The number of likely N-dealkylation sites (tertiary alicyclic amines) is 1. The van der Waals surface area contributed by atoms with E-state index in [1.807, 2.05) is 17.5 Å². The second-order valence-corrected chi connectivity index (χ2v) is 7.34. The van der Waals surface area contributed by atoms with Crippen LogP contribution in [-0.2, 0) is 0 Å². The third-order valence-corrected chi connectivity index (χ3v) is 5.43. The maximum absolute atomic E-state index is 13.2. The summed E-state index contributed by atoms with van der Waals surface area (Å²) in [5, 5.41) is 7.57. The Hall–Kier alpha value is -2.41. The van der Waals surface area contributed by atoms with Crippen molar-refractivity contribution in [2.24, 2.45) is 5.92 Å². The number of carbonyl (C=O) groups excluding carboxylic acids is 2. The van der Waals surface area contributed by atoms with Gasteiger partial charge in [0.2, 0.25) is 0 Å². The van der Waals surface area contributed by atoms with Crippen molar-refractivity contribution in [3.8, 4) is 0 Å². The maximum Gasteiger partial charge on any atom is 0.321 e. The van der Waals surface area contributed by atoms with Crippen LogP contribution in [0.15, 0.2) is 41.8 Å². The van der Waals surface area contributed by atoms with Gasteiger partial charge in [-0.2, -0.15) is 0 Å². The zero-order valence-corrected chi connectivity index (χ0v) is 15.2. The molecule has 3 amide bonds. The number of amides is 3. The molecular formula is C19H22FN3O2S. The molecule has 0 saturated carbocycles. The lowest BCUT2D eigenvalue weighted by molar-refractivity contribution is 0.0953. The molecule has 0 spiro atoms. The van der Waals surface area contributed by atoms with Crippen molar-refractivity contribution in [1.82, 2.24) is 10.2 Å². The molecule has 138 valence electrons. The molecule has 0 bridgehead atoms. The average molecular weight is 375 g/mol. The molecule has 3 rings (SSSR count). The molecule has 2 N–H and O–H groups in total. The largest absolute Gasteiger partial charge is 0.351 e. The lowest BCUT2D eigenvalue weighted by Crippen LogP contribution is -2.41. The topological polar surface area (TPSA) is 61.4 Å². The number of carbonyl (C=O) groups is 2. The number of hydrogen-bond donors (Lipinski definition) is 2. The van der Waals surface area contributed by atoms with Crippen LogP contribution in [0.5, 0.6) is 0 Å². The van der Waals surface area contributed by atoms with Crippen molar-refractivity contribution in [3.63, 3.8) is 0 Å². The van der Waals surface area contributed by atoms with Crippen LogP contribution in [0.2, 0.25) is 0 Å². The standard InChI is InChI=1S/C19H22FN3O2S/c20-15-3-1-4-16(13-15)22-19(25)23-10-7-14(8-11-23)6-9-21-18(24)17-5-2-12-26-17/h1-5,12-14H,6-11H2,(H,21,24)(H,22,25). The van der Waals surface area contributed by atoms with Gasteiger partial charge in [-0.15, -0.1) is 11.3 Å². The number of piperidine rings is 1. The van der Waals surface area contributed by atoms with E-state index < -0.39 is 0 Å². The summed E-state index contributed by atoms with van der Waals surface area (Å²) in [7, 11) is 0. The Morgan fingerprint density at radius 3 is 2.69 bits per heavy atom. The molecule has 2 aromatic rings. The molecule has 26 heavy (non-hydrogen) atoms. The fourth-order valence-corrected chi connectivity index (χ4v) is 3.72. The van der Waals surface area contributed by atoms with Crippen LogP contribution in [0, 0.1) is 11.7 Å². The van der Waals surface area contributed by atoms with E-state index in [2.05, 4.69) is 10.6 Å². The van der Waals surface area contributed by atoms with E-state index in [9.17, 15) is 14.0 Å². The van der Waals surface area contributed by atoms with Crippen LogP contribution < -0.4 is 10.6 Å². The van der Waals surface area contributed by atoms with Crippen LogP contribution >= 0.6 is 11.3 Å². The normalized spacial score (nSPS) is 14.9. The van der Waals surface area contributed by atoms with Crippen LogP contribution in [0.25, 0.3) is 0 Å². The third-order valence-electron chi connectivity index (χ3n) is 4.56. The summed E-state index contributed by atoms with van der Waals surface area (Å²) in [5.41, 5.74) is 0.466. The number of urea groups is 1. The van der Waals surface area contributed by atoms with E-state index in [0.29, 0.717) is 31.2 Å². The van der Waals surface area contributed by atoms with E-state index in [1.165, 1.54) is 23.5 Å². The highest BCUT2D eigenvalue weighted by Crippen LogP contribution is 2.21. The van der Waals surface area contributed by atoms with Gasteiger partial charge in [-0.3, -0.25) is 4.79 Å². The Bertz CT molecular complexity index is 743. The van der Waals surface area contributed by atoms with Crippen molar-refractivity contribution >= 4 is 29.0 Å². The molecule has 0 unspecified atom stereocenters. The van der Waals surface area contributed by atoms with Crippen molar-refractivity contribution < 1.29 is 14.0 Å². The molecule has 7 heteroatoms. The molecule has 5 nitrogen and oxygen atoms in total. The Labute approximate surface area is 156 Å². The van der Waals surface area contributed by atoms with Crippen LogP contribution in [0.3, 0.4) is 0 Å². The maximum atomic E-state index is 13.2. The molecule has 0 aliphatic carbocycles. The number of halogens is 1. The first kappa shape index (κ1) is 18.4.